The van der Waals surface area contributed by atoms with Crippen molar-refractivity contribution in [2.75, 3.05) is 0 Å². The van der Waals surface area contributed by atoms with Crippen molar-refractivity contribution < 1.29 is 14.7 Å². The fourth-order valence-electron chi connectivity index (χ4n) is 2.46. The number of carboxylic acid groups (broad SMARTS) is 1. The zero-order valence-electron chi connectivity index (χ0n) is 11.5. The highest BCUT2D eigenvalue weighted by Gasteiger charge is 2.16. The van der Waals surface area contributed by atoms with Crippen LogP contribution in [0.15, 0.2) is 54.7 Å². The summed E-state index contributed by atoms with van der Waals surface area (Å²) in [7, 11) is 0. The predicted molar refractivity (Wildman–Crippen MR) is 84.5 cm³/mol. The number of aliphatic carboxylic acids is 1. The van der Waals surface area contributed by atoms with Crippen molar-refractivity contribution in [3.05, 3.63) is 70.9 Å². The van der Waals surface area contributed by atoms with Gasteiger partial charge in [-0.2, -0.15) is 0 Å². The van der Waals surface area contributed by atoms with Crippen LogP contribution >= 0.6 is 11.6 Å². The van der Waals surface area contributed by atoms with E-state index in [1.165, 1.54) is 4.57 Å². The summed E-state index contributed by atoms with van der Waals surface area (Å²) >= 11 is 5.99. The average molecular weight is 314 g/mol. The van der Waals surface area contributed by atoms with E-state index in [9.17, 15) is 9.59 Å². The van der Waals surface area contributed by atoms with Gasteiger partial charge in [-0.25, -0.2) is 0 Å². The van der Waals surface area contributed by atoms with E-state index in [-0.39, 0.29) is 12.3 Å². The summed E-state index contributed by atoms with van der Waals surface area (Å²) < 4.78 is 1.47. The van der Waals surface area contributed by atoms with Crippen LogP contribution in [0.25, 0.3) is 10.9 Å². The standard InChI is InChI=1S/C17H12ClNO3/c18-13-6-7-15-14(9-13)12(8-16(20)21)10-19(15)17(22)11-4-2-1-3-5-11/h1-7,9-10H,8H2,(H,20,21). The van der Waals surface area contributed by atoms with E-state index in [0.717, 1.165) is 0 Å². The van der Waals surface area contributed by atoms with Crippen LogP contribution < -0.4 is 0 Å². The summed E-state index contributed by atoms with van der Waals surface area (Å²) in [6.07, 6.45) is 1.41. The molecule has 0 bridgehead atoms. The van der Waals surface area contributed by atoms with Crippen molar-refractivity contribution in [1.29, 1.82) is 0 Å². The van der Waals surface area contributed by atoms with E-state index in [4.69, 9.17) is 16.7 Å². The molecule has 1 aromatic heterocycles. The van der Waals surface area contributed by atoms with Crippen LogP contribution in [0.1, 0.15) is 15.9 Å². The molecular formula is C17H12ClNO3. The highest BCUT2D eigenvalue weighted by atomic mass is 35.5. The second kappa shape index (κ2) is 5.66. The van der Waals surface area contributed by atoms with E-state index in [1.54, 1.807) is 48.7 Å². The number of carbonyl (C=O) groups is 2. The predicted octanol–water partition coefficient (Wildman–Crippen LogP) is 3.61. The van der Waals surface area contributed by atoms with Gasteiger partial charge in [0.05, 0.1) is 11.9 Å². The van der Waals surface area contributed by atoms with Gasteiger partial charge in [-0.3, -0.25) is 14.2 Å². The van der Waals surface area contributed by atoms with Crippen molar-refractivity contribution >= 4 is 34.4 Å². The van der Waals surface area contributed by atoms with Gasteiger partial charge in [-0.15, -0.1) is 0 Å². The minimum absolute atomic E-state index is 0.161. The second-order valence-electron chi connectivity index (χ2n) is 4.93. The van der Waals surface area contributed by atoms with Crippen LogP contribution in [-0.4, -0.2) is 21.6 Å². The summed E-state index contributed by atoms with van der Waals surface area (Å²) in [5.41, 5.74) is 1.75. The van der Waals surface area contributed by atoms with Gasteiger partial charge in [0.15, 0.2) is 0 Å². The third-order valence-electron chi connectivity index (χ3n) is 3.43. The largest absolute Gasteiger partial charge is 0.481 e. The van der Waals surface area contributed by atoms with Gasteiger partial charge < -0.3 is 5.11 Å². The third kappa shape index (κ3) is 2.61. The van der Waals surface area contributed by atoms with E-state index < -0.39 is 5.97 Å². The number of rotatable bonds is 3. The Morgan fingerprint density at radius 2 is 1.82 bits per heavy atom. The molecule has 3 rings (SSSR count). The molecule has 0 saturated heterocycles. The SMILES string of the molecule is O=C(O)Cc1cn(C(=O)c2ccccc2)c2ccc(Cl)cc12. The summed E-state index contributed by atoms with van der Waals surface area (Å²) in [5, 5.41) is 10.2. The van der Waals surface area contributed by atoms with Crippen molar-refractivity contribution in [3.8, 4) is 0 Å². The molecule has 0 spiro atoms. The highest BCUT2D eigenvalue weighted by Crippen LogP contribution is 2.26. The summed E-state index contributed by atoms with van der Waals surface area (Å²) in [6.45, 7) is 0. The lowest BCUT2D eigenvalue weighted by molar-refractivity contribution is -0.136. The van der Waals surface area contributed by atoms with Crippen LogP contribution in [0.2, 0.25) is 5.02 Å². The first kappa shape index (κ1) is 14.4. The maximum atomic E-state index is 12.6. The molecule has 0 aliphatic carbocycles. The molecule has 0 aliphatic heterocycles. The first-order valence-corrected chi connectivity index (χ1v) is 7.05. The average Bonchev–Trinajstić information content (AvgIpc) is 2.85. The molecule has 5 heteroatoms. The van der Waals surface area contributed by atoms with Crippen molar-refractivity contribution in [1.82, 2.24) is 4.57 Å². The lowest BCUT2D eigenvalue weighted by Gasteiger charge is -2.04. The smallest absolute Gasteiger partial charge is 0.307 e. The van der Waals surface area contributed by atoms with E-state index in [1.807, 2.05) is 6.07 Å². The van der Waals surface area contributed by atoms with Crippen LogP contribution in [0.3, 0.4) is 0 Å². The summed E-state index contributed by atoms with van der Waals surface area (Å²) in [5.74, 6) is -1.16. The van der Waals surface area contributed by atoms with Gasteiger partial charge in [0.1, 0.15) is 0 Å². The van der Waals surface area contributed by atoms with E-state index >= 15 is 0 Å². The Bertz CT molecular complexity index is 868. The molecule has 0 amide bonds. The lowest BCUT2D eigenvalue weighted by atomic mass is 10.1. The molecule has 2 aromatic carbocycles. The Morgan fingerprint density at radius 1 is 1.09 bits per heavy atom. The topological polar surface area (TPSA) is 59.3 Å². The molecule has 0 saturated carbocycles. The first-order chi connectivity index (χ1) is 10.6. The molecule has 0 aliphatic rings. The van der Waals surface area contributed by atoms with E-state index in [0.29, 0.717) is 27.1 Å². The van der Waals surface area contributed by atoms with Gasteiger partial charge in [0.25, 0.3) is 5.91 Å². The molecule has 0 unspecified atom stereocenters. The molecular weight excluding hydrogens is 302 g/mol. The molecule has 0 fully saturated rings. The maximum Gasteiger partial charge on any atom is 0.307 e. The Kier molecular flexibility index (Phi) is 3.69. The fourth-order valence-corrected chi connectivity index (χ4v) is 2.63. The summed E-state index contributed by atoms with van der Waals surface area (Å²) in [6, 6.07) is 13.9. The van der Waals surface area contributed by atoms with Crippen LogP contribution in [0.5, 0.6) is 0 Å². The molecule has 0 atom stereocenters. The Hall–Kier alpha value is -2.59. The van der Waals surface area contributed by atoms with Crippen LogP contribution in [0.4, 0.5) is 0 Å². The zero-order chi connectivity index (χ0) is 15.7. The number of aromatic nitrogens is 1. The number of halogens is 1. The number of hydrogen-bond donors (Lipinski definition) is 1. The number of benzene rings is 2. The fraction of sp³-hybridized carbons (Fsp3) is 0.0588. The number of hydrogen-bond acceptors (Lipinski definition) is 2. The number of carbonyl (C=O) groups excluding carboxylic acids is 1. The molecule has 22 heavy (non-hydrogen) atoms. The molecule has 0 radical (unpaired) electrons. The molecule has 3 aromatic rings. The first-order valence-electron chi connectivity index (χ1n) is 6.67. The van der Waals surface area contributed by atoms with Crippen molar-refractivity contribution in [2.24, 2.45) is 0 Å². The van der Waals surface area contributed by atoms with Gasteiger partial charge in [-0.1, -0.05) is 29.8 Å². The molecule has 1 N–H and O–H groups in total. The molecule has 4 nitrogen and oxygen atoms in total. The third-order valence-corrected chi connectivity index (χ3v) is 3.67. The lowest BCUT2D eigenvalue weighted by Crippen LogP contribution is -2.10. The van der Waals surface area contributed by atoms with Gasteiger partial charge >= 0.3 is 5.97 Å². The minimum atomic E-state index is -0.953. The normalized spacial score (nSPS) is 10.8. The van der Waals surface area contributed by atoms with Gasteiger partial charge in [0.2, 0.25) is 0 Å². The van der Waals surface area contributed by atoms with Crippen molar-refractivity contribution in [2.45, 2.75) is 6.42 Å². The van der Waals surface area contributed by atoms with Crippen LogP contribution in [0, 0.1) is 0 Å². The summed E-state index contributed by atoms with van der Waals surface area (Å²) in [4.78, 5) is 23.6. The van der Waals surface area contributed by atoms with E-state index in [2.05, 4.69) is 0 Å². The van der Waals surface area contributed by atoms with Crippen LogP contribution in [-0.2, 0) is 11.2 Å². The Labute approximate surface area is 131 Å². The second-order valence-corrected chi connectivity index (χ2v) is 5.36. The Morgan fingerprint density at radius 3 is 2.50 bits per heavy atom. The molecule has 110 valence electrons. The maximum absolute atomic E-state index is 12.6. The van der Waals surface area contributed by atoms with Gasteiger partial charge in [-0.05, 0) is 35.9 Å². The molecule has 1 heterocycles. The Balaban J connectivity index is 2.18. The highest BCUT2D eigenvalue weighted by molar-refractivity contribution is 6.31. The number of carboxylic acids is 1. The number of fused-ring (bicyclic) bond motifs is 1. The quantitative estimate of drug-likeness (QED) is 0.803. The van der Waals surface area contributed by atoms with Crippen molar-refractivity contribution in [3.63, 3.8) is 0 Å². The number of nitrogens with zero attached hydrogens (tertiary/aromatic N) is 1. The van der Waals surface area contributed by atoms with Gasteiger partial charge in [0, 0.05) is 22.2 Å². The zero-order valence-corrected chi connectivity index (χ0v) is 12.2. The monoisotopic (exact) mass is 313 g/mol. The minimum Gasteiger partial charge on any atom is -0.481 e.